The summed E-state index contributed by atoms with van der Waals surface area (Å²) in [6.45, 7) is 0. The maximum Gasteiger partial charge on any atom is 0.240 e. The minimum absolute atomic E-state index is 0.0929. The largest absolute Gasteiger partial charge is 0.495 e. The first-order valence-electron chi connectivity index (χ1n) is 6.98. The molecule has 0 aliphatic heterocycles. The molecule has 0 radical (unpaired) electrons. The van der Waals surface area contributed by atoms with Gasteiger partial charge in [-0.2, -0.15) is 0 Å². The van der Waals surface area contributed by atoms with E-state index in [0.717, 1.165) is 0 Å². The van der Waals surface area contributed by atoms with Crippen molar-refractivity contribution in [1.29, 1.82) is 0 Å². The minimum atomic E-state index is -3.65. The molecule has 1 saturated carbocycles. The van der Waals surface area contributed by atoms with Crippen molar-refractivity contribution in [3.05, 3.63) is 23.2 Å². The Labute approximate surface area is 135 Å². The Morgan fingerprint density at radius 1 is 1.32 bits per heavy atom. The minimum Gasteiger partial charge on any atom is -0.495 e. The number of hydrogen-bond donors (Lipinski definition) is 2. The Hall–Kier alpha value is -1.31. The van der Waals surface area contributed by atoms with Gasteiger partial charge in [0.2, 0.25) is 15.9 Å². The number of hydrogen-bond acceptors (Lipinski definition) is 4. The topological polar surface area (TPSA) is 98.5 Å². The zero-order chi connectivity index (χ0) is 16.3. The van der Waals surface area contributed by atoms with Crippen LogP contribution >= 0.6 is 11.6 Å². The molecule has 1 aliphatic rings. The van der Waals surface area contributed by atoms with E-state index >= 15 is 0 Å². The Morgan fingerprint density at radius 2 is 1.95 bits per heavy atom. The van der Waals surface area contributed by atoms with Crippen LogP contribution in [0.2, 0.25) is 5.02 Å². The van der Waals surface area contributed by atoms with Crippen LogP contribution in [0.1, 0.15) is 25.7 Å². The smallest absolute Gasteiger partial charge is 0.240 e. The third-order valence-corrected chi connectivity index (χ3v) is 5.70. The van der Waals surface area contributed by atoms with Gasteiger partial charge >= 0.3 is 0 Å². The van der Waals surface area contributed by atoms with E-state index < -0.39 is 10.0 Å². The van der Waals surface area contributed by atoms with Crippen LogP contribution < -0.4 is 15.2 Å². The molecule has 8 heteroatoms. The van der Waals surface area contributed by atoms with Crippen molar-refractivity contribution < 1.29 is 17.9 Å². The van der Waals surface area contributed by atoms with Crippen molar-refractivity contribution in [2.75, 3.05) is 7.11 Å². The Kier molecular flexibility index (Phi) is 5.31. The third-order valence-electron chi connectivity index (χ3n) is 3.88. The lowest BCUT2D eigenvalue weighted by molar-refractivity contribution is -0.122. The number of carbonyl (C=O) groups is 1. The lowest BCUT2D eigenvalue weighted by atomic mass is 9.86. The fourth-order valence-corrected chi connectivity index (χ4v) is 4.25. The van der Waals surface area contributed by atoms with Gasteiger partial charge in [0.25, 0.3) is 0 Å². The zero-order valence-corrected chi connectivity index (χ0v) is 13.8. The van der Waals surface area contributed by atoms with E-state index in [-0.39, 0.29) is 27.8 Å². The molecule has 6 nitrogen and oxygen atoms in total. The fraction of sp³-hybridized carbons (Fsp3) is 0.500. The summed E-state index contributed by atoms with van der Waals surface area (Å²) in [6, 6.07) is 4.13. The normalized spacial score (nSPS) is 22.3. The molecule has 122 valence electrons. The van der Waals surface area contributed by atoms with Crippen molar-refractivity contribution in [3.8, 4) is 5.75 Å². The number of primary amides is 1. The van der Waals surface area contributed by atoms with E-state index in [1.807, 2.05) is 0 Å². The zero-order valence-electron chi connectivity index (χ0n) is 12.2. The van der Waals surface area contributed by atoms with Crippen molar-refractivity contribution in [2.45, 2.75) is 36.6 Å². The quantitative estimate of drug-likeness (QED) is 0.847. The highest BCUT2D eigenvalue weighted by molar-refractivity contribution is 7.89. The molecule has 0 aromatic heterocycles. The van der Waals surface area contributed by atoms with Gasteiger partial charge in [-0.15, -0.1) is 0 Å². The summed E-state index contributed by atoms with van der Waals surface area (Å²) in [5.41, 5.74) is 5.27. The predicted molar refractivity (Wildman–Crippen MR) is 83.3 cm³/mol. The van der Waals surface area contributed by atoms with Crippen LogP contribution in [0, 0.1) is 5.92 Å². The second-order valence-corrected chi connectivity index (χ2v) is 7.49. The molecule has 0 bridgehead atoms. The predicted octanol–water partition coefficient (Wildman–Crippen LogP) is 1.67. The number of rotatable bonds is 5. The van der Waals surface area contributed by atoms with Gasteiger partial charge in [0.05, 0.1) is 17.0 Å². The van der Waals surface area contributed by atoms with Gasteiger partial charge in [-0.1, -0.05) is 11.6 Å². The summed E-state index contributed by atoms with van der Waals surface area (Å²) in [4.78, 5) is 11.2. The molecular weight excluding hydrogens is 328 g/mol. The first kappa shape index (κ1) is 17.1. The lowest BCUT2D eigenvalue weighted by Crippen LogP contribution is -2.39. The maximum absolute atomic E-state index is 12.4. The summed E-state index contributed by atoms with van der Waals surface area (Å²) >= 11 is 5.96. The number of halogens is 1. The van der Waals surface area contributed by atoms with E-state index in [1.54, 1.807) is 0 Å². The van der Waals surface area contributed by atoms with E-state index in [9.17, 15) is 13.2 Å². The highest BCUT2D eigenvalue weighted by atomic mass is 35.5. The molecule has 2 rings (SSSR count). The van der Waals surface area contributed by atoms with Crippen molar-refractivity contribution in [1.82, 2.24) is 4.72 Å². The number of sulfonamides is 1. The van der Waals surface area contributed by atoms with Gasteiger partial charge in [-0.25, -0.2) is 13.1 Å². The maximum atomic E-state index is 12.4. The van der Waals surface area contributed by atoms with Crippen LogP contribution in [0.15, 0.2) is 23.1 Å². The summed E-state index contributed by atoms with van der Waals surface area (Å²) in [6.07, 6.45) is 2.39. The number of carbonyl (C=O) groups excluding carboxylic acids is 1. The first-order chi connectivity index (χ1) is 10.3. The molecule has 0 saturated heterocycles. The number of amides is 1. The van der Waals surface area contributed by atoms with Crippen LogP contribution in [0.3, 0.4) is 0 Å². The SMILES string of the molecule is COc1ccc(S(=O)(=O)NC2CCC(C(N)=O)CC2)cc1Cl. The summed E-state index contributed by atoms with van der Waals surface area (Å²) in [7, 11) is -2.19. The fourth-order valence-electron chi connectivity index (χ4n) is 2.60. The number of ether oxygens (including phenoxy) is 1. The van der Waals surface area contributed by atoms with Gasteiger partial charge in [0.15, 0.2) is 0 Å². The van der Waals surface area contributed by atoms with Crippen molar-refractivity contribution in [3.63, 3.8) is 0 Å². The van der Waals surface area contributed by atoms with Crippen LogP contribution in [0.5, 0.6) is 5.75 Å². The third kappa shape index (κ3) is 3.91. The molecule has 1 amide bonds. The second-order valence-electron chi connectivity index (χ2n) is 5.37. The lowest BCUT2D eigenvalue weighted by Gasteiger charge is -2.27. The van der Waals surface area contributed by atoms with Gasteiger partial charge in [-0.3, -0.25) is 4.79 Å². The molecular formula is C14H19ClN2O4S. The second kappa shape index (κ2) is 6.85. The average molecular weight is 347 g/mol. The van der Waals surface area contributed by atoms with Crippen LogP contribution in [0.4, 0.5) is 0 Å². The van der Waals surface area contributed by atoms with Crippen LogP contribution in [-0.4, -0.2) is 27.5 Å². The molecule has 3 N–H and O–H groups in total. The number of methoxy groups -OCH3 is 1. The summed E-state index contributed by atoms with van der Waals surface area (Å²) < 4.78 is 32.4. The highest BCUT2D eigenvalue weighted by Crippen LogP contribution is 2.28. The van der Waals surface area contributed by atoms with E-state index in [1.165, 1.54) is 25.3 Å². The van der Waals surface area contributed by atoms with Gasteiger partial charge in [-0.05, 0) is 43.9 Å². The van der Waals surface area contributed by atoms with Gasteiger partial charge < -0.3 is 10.5 Å². The number of nitrogens with one attached hydrogen (secondary N) is 1. The molecule has 1 aliphatic carbocycles. The van der Waals surface area contributed by atoms with E-state index in [2.05, 4.69) is 4.72 Å². The van der Waals surface area contributed by atoms with Crippen molar-refractivity contribution in [2.24, 2.45) is 11.7 Å². The first-order valence-corrected chi connectivity index (χ1v) is 8.85. The molecule has 0 heterocycles. The number of nitrogens with two attached hydrogens (primary N) is 1. The Bertz CT molecular complexity index is 655. The van der Waals surface area contributed by atoms with Crippen molar-refractivity contribution >= 4 is 27.5 Å². The van der Waals surface area contributed by atoms with Crippen LogP contribution in [0.25, 0.3) is 0 Å². The van der Waals surface area contributed by atoms with Gasteiger partial charge in [0, 0.05) is 12.0 Å². The molecule has 1 aromatic carbocycles. The van der Waals surface area contributed by atoms with Gasteiger partial charge in [0.1, 0.15) is 5.75 Å². The molecule has 22 heavy (non-hydrogen) atoms. The summed E-state index contributed by atoms with van der Waals surface area (Å²) in [5.74, 6) is -0.0537. The van der Waals surface area contributed by atoms with E-state index in [4.69, 9.17) is 22.1 Å². The number of benzene rings is 1. The molecule has 0 unspecified atom stereocenters. The Morgan fingerprint density at radius 3 is 2.45 bits per heavy atom. The molecule has 0 spiro atoms. The molecule has 1 aromatic rings. The monoisotopic (exact) mass is 346 g/mol. The Balaban J connectivity index is 2.06. The van der Waals surface area contributed by atoms with Crippen LogP contribution in [-0.2, 0) is 14.8 Å². The highest BCUT2D eigenvalue weighted by Gasteiger charge is 2.28. The molecule has 0 atom stereocenters. The standard InChI is InChI=1S/C14H19ClN2O4S/c1-21-13-7-6-11(8-12(13)15)22(19,20)17-10-4-2-9(3-5-10)14(16)18/h6-10,17H,2-5H2,1H3,(H2,16,18). The van der Waals surface area contributed by atoms with E-state index in [0.29, 0.717) is 31.4 Å². The average Bonchev–Trinajstić information content (AvgIpc) is 2.47. The molecule has 1 fully saturated rings. The summed E-state index contributed by atoms with van der Waals surface area (Å²) in [5, 5.41) is 0.239.